The summed E-state index contributed by atoms with van der Waals surface area (Å²) in [5, 5.41) is 0. The molecular formula is C8H14N2O. The maximum atomic E-state index is 11.2. The maximum absolute atomic E-state index is 11.2. The van der Waals surface area contributed by atoms with Crippen LogP contribution in [-0.2, 0) is 0 Å². The zero-order chi connectivity index (χ0) is 8.85. The Morgan fingerprint density at radius 3 is 2.36 bits per heavy atom. The number of amides is 2. The molecule has 0 rings (SSSR count). The van der Waals surface area contributed by atoms with E-state index in [4.69, 9.17) is 6.42 Å². The van der Waals surface area contributed by atoms with Crippen LogP contribution in [0.4, 0.5) is 4.79 Å². The van der Waals surface area contributed by atoms with Crippen LogP contribution in [-0.4, -0.2) is 43.0 Å². The van der Waals surface area contributed by atoms with E-state index in [2.05, 4.69) is 5.92 Å². The Labute approximate surface area is 68.0 Å². The van der Waals surface area contributed by atoms with E-state index < -0.39 is 0 Å². The van der Waals surface area contributed by atoms with Crippen molar-refractivity contribution in [2.24, 2.45) is 0 Å². The maximum Gasteiger partial charge on any atom is 0.320 e. The zero-order valence-corrected chi connectivity index (χ0v) is 7.29. The van der Waals surface area contributed by atoms with Gasteiger partial charge in [-0.25, -0.2) is 4.79 Å². The van der Waals surface area contributed by atoms with Crippen molar-refractivity contribution < 1.29 is 4.79 Å². The van der Waals surface area contributed by atoms with Crippen LogP contribution >= 0.6 is 0 Å². The lowest BCUT2D eigenvalue weighted by atomic mass is 10.5. The number of nitrogens with zero attached hydrogens (tertiary/aromatic N) is 2. The summed E-state index contributed by atoms with van der Waals surface area (Å²) in [6.07, 6.45) is 5.05. The van der Waals surface area contributed by atoms with Gasteiger partial charge in [0, 0.05) is 20.6 Å². The minimum atomic E-state index is -0.0366. The van der Waals surface area contributed by atoms with Crippen molar-refractivity contribution in [2.45, 2.75) is 6.92 Å². The lowest BCUT2D eigenvalue weighted by Gasteiger charge is -2.21. The van der Waals surface area contributed by atoms with Crippen LogP contribution in [0.3, 0.4) is 0 Å². The van der Waals surface area contributed by atoms with Crippen molar-refractivity contribution in [1.29, 1.82) is 0 Å². The molecule has 0 heterocycles. The molecule has 0 bridgehead atoms. The van der Waals surface area contributed by atoms with E-state index in [1.807, 2.05) is 6.92 Å². The van der Waals surface area contributed by atoms with E-state index in [1.54, 1.807) is 19.0 Å². The molecule has 0 radical (unpaired) electrons. The molecule has 62 valence electrons. The number of hydrogen-bond donors (Lipinski definition) is 0. The van der Waals surface area contributed by atoms with Crippen LogP contribution in [0.2, 0.25) is 0 Å². The van der Waals surface area contributed by atoms with Gasteiger partial charge in [0.2, 0.25) is 0 Å². The molecule has 0 aliphatic heterocycles. The number of rotatable bonds is 2. The Morgan fingerprint density at radius 1 is 1.45 bits per heavy atom. The minimum absolute atomic E-state index is 0.0366. The SMILES string of the molecule is C#CCN(C)C(=O)N(C)CC. The lowest BCUT2D eigenvalue weighted by Crippen LogP contribution is -2.38. The van der Waals surface area contributed by atoms with Gasteiger partial charge in [-0.2, -0.15) is 0 Å². The third kappa shape index (κ3) is 2.94. The van der Waals surface area contributed by atoms with E-state index in [1.165, 1.54) is 4.90 Å². The number of carbonyl (C=O) groups is 1. The molecule has 0 aliphatic carbocycles. The average molecular weight is 154 g/mol. The van der Waals surface area contributed by atoms with Gasteiger partial charge in [-0.3, -0.25) is 0 Å². The summed E-state index contributed by atoms with van der Waals surface area (Å²) in [5.41, 5.74) is 0. The summed E-state index contributed by atoms with van der Waals surface area (Å²) < 4.78 is 0. The normalized spacial score (nSPS) is 8.55. The quantitative estimate of drug-likeness (QED) is 0.535. The van der Waals surface area contributed by atoms with Crippen LogP contribution < -0.4 is 0 Å². The van der Waals surface area contributed by atoms with Gasteiger partial charge in [0.05, 0.1) is 6.54 Å². The highest BCUT2D eigenvalue weighted by Crippen LogP contribution is 1.91. The number of urea groups is 1. The molecule has 0 saturated heterocycles. The van der Waals surface area contributed by atoms with Gasteiger partial charge in [0.1, 0.15) is 0 Å². The fourth-order valence-electron chi connectivity index (χ4n) is 0.631. The molecule has 0 spiro atoms. The van der Waals surface area contributed by atoms with E-state index in [0.717, 1.165) is 0 Å². The Balaban J connectivity index is 3.93. The molecule has 3 heteroatoms. The highest BCUT2D eigenvalue weighted by Gasteiger charge is 2.09. The topological polar surface area (TPSA) is 23.6 Å². The first-order valence-electron chi connectivity index (χ1n) is 3.53. The molecule has 0 aliphatic rings. The van der Waals surface area contributed by atoms with Crippen LogP contribution in [0.15, 0.2) is 0 Å². The first-order chi connectivity index (χ1) is 5.13. The van der Waals surface area contributed by atoms with E-state index in [9.17, 15) is 4.79 Å². The smallest absolute Gasteiger partial charge is 0.320 e. The highest BCUT2D eigenvalue weighted by atomic mass is 16.2. The van der Waals surface area contributed by atoms with Crippen molar-refractivity contribution in [3.8, 4) is 12.3 Å². The predicted octanol–water partition coefficient (Wildman–Crippen LogP) is 0.623. The molecule has 0 fully saturated rings. The van der Waals surface area contributed by atoms with E-state index in [-0.39, 0.29) is 6.03 Å². The summed E-state index contributed by atoms with van der Waals surface area (Å²) in [7, 11) is 3.43. The summed E-state index contributed by atoms with van der Waals surface area (Å²) in [5.74, 6) is 2.41. The molecule has 2 amide bonds. The molecule has 0 unspecified atom stereocenters. The van der Waals surface area contributed by atoms with Gasteiger partial charge in [-0.15, -0.1) is 6.42 Å². The molecule has 0 aromatic carbocycles. The van der Waals surface area contributed by atoms with Crippen LogP contribution in [0.5, 0.6) is 0 Å². The molecule has 3 nitrogen and oxygen atoms in total. The largest absolute Gasteiger partial charge is 0.328 e. The number of carbonyl (C=O) groups excluding carboxylic acids is 1. The molecule has 0 aromatic rings. The number of hydrogen-bond acceptors (Lipinski definition) is 1. The standard InChI is InChI=1S/C8H14N2O/c1-5-7-10(4)8(11)9(3)6-2/h1H,6-7H2,2-4H3. The summed E-state index contributed by atoms with van der Waals surface area (Å²) in [6.45, 7) is 2.98. The second-order valence-corrected chi connectivity index (χ2v) is 2.36. The van der Waals surface area contributed by atoms with Crippen LogP contribution in [0.1, 0.15) is 6.92 Å². The fourth-order valence-corrected chi connectivity index (χ4v) is 0.631. The van der Waals surface area contributed by atoms with Crippen molar-refractivity contribution in [3.05, 3.63) is 0 Å². The molecule has 0 aromatic heterocycles. The second-order valence-electron chi connectivity index (χ2n) is 2.36. The third-order valence-electron chi connectivity index (χ3n) is 1.46. The predicted molar refractivity (Wildman–Crippen MR) is 45.2 cm³/mol. The summed E-state index contributed by atoms with van der Waals surface area (Å²) in [6, 6.07) is -0.0366. The second kappa shape index (κ2) is 4.62. The van der Waals surface area contributed by atoms with Crippen molar-refractivity contribution in [1.82, 2.24) is 9.80 Å². The monoisotopic (exact) mass is 154 g/mol. The first kappa shape index (κ1) is 9.83. The van der Waals surface area contributed by atoms with Gasteiger partial charge in [-0.05, 0) is 6.92 Å². The molecule has 0 saturated carbocycles. The minimum Gasteiger partial charge on any atom is -0.328 e. The Kier molecular flexibility index (Phi) is 4.12. The fraction of sp³-hybridized carbons (Fsp3) is 0.625. The van der Waals surface area contributed by atoms with Crippen molar-refractivity contribution in [2.75, 3.05) is 27.2 Å². The Bertz CT molecular complexity index is 171. The zero-order valence-electron chi connectivity index (χ0n) is 7.29. The molecular weight excluding hydrogens is 140 g/mol. The van der Waals surface area contributed by atoms with Gasteiger partial charge < -0.3 is 9.80 Å². The summed E-state index contributed by atoms with van der Waals surface area (Å²) in [4.78, 5) is 14.3. The molecule has 0 atom stereocenters. The highest BCUT2D eigenvalue weighted by molar-refractivity contribution is 5.74. The Morgan fingerprint density at radius 2 is 2.00 bits per heavy atom. The number of terminal acetylenes is 1. The first-order valence-corrected chi connectivity index (χ1v) is 3.53. The van der Waals surface area contributed by atoms with Crippen LogP contribution in [0, 0.1) is 12.3 Å². The van der Waals surface area contributed by atoms with Crippen LogP contribution in [0.25, 0.3) is 0 Å². The van der Waals surface area contributed by atoms with E-state index >= 15 is 0 Å². The van der Waals surface area contributed by atoms with Crippen molar-refractivity contribution >= 4 is 6.03 Å². The molecule has 0 N–H and O–H groups in total. The van der Waals surface area contributed by atoms with Gasteiger partial charge in [-0.1, -0.05) is 5.92 Å². The van der Waals surface area contributed by atoms with Gasteiger partial charge >= 0.3 is 6.03 Å². The van der Waals surface area contributed by atoms with Gasteiger partial charge in [0.25, 0.3) is 0 Å². The lowest BCUT2D eigenvalue weighted by molar-refractivity contribution is 0.180. The van der Waals surface area contributed by atoms with Crippen molar-refractivity contribution in [3.63, 3.8) is 0 Å². The Hall–Kier alpha value is -1.17. The van der Waals surface area contributed by atoms with E-state index in [0.29, 0.717) is 13.1 Å². The molecule has 11 heavy (non-hydrogen) atoms. The summed E-state index contributed by atoms with van der Waals surface area (Å²) >= 11 is 0. The average Bonchev–Trinajstić information content (AvgIpc) is 2.02. The van der Waals surface area contributed by atoms with Gasteiger partial charge in [0.15, 0.2) is 0 Å². The third-order valence-corrected chi connectivity index (χ3v) is 1.46.